The van der Waals surface area contributed by atoms with Gasteiger partial charge in [-0.05, 0) is 45.7 Å². The molecule has 1 aromatic heterocycles. The highest BCUT2D eigenvalue weighted by Crippen LogP contribution is 2.30. The van der Waals surface area contributed by atoms with Gasteiger partial charge >= 0.3 is 12.1 Å². The first-order chi connectivity index (χ1) is 13.2. The van der Waals surface area contributed by atoms with Gasteiger partial charge < -0.3 is 24.1 Å². The number of nitrogens with zero attached hydrogens (tertiary/aromatic N) is 1. The number of aryl methyl sites for hydroxylation is 1. The fourth-order valence-corrected chi connectivity index (χ4v) is 3.69. The zero-order chi connectivity index (χ0) is 20.9. The summed E-state index contributed by atoms with van der Waals surface area (Å²) in [6, 6.07) is 3.34. The molecule has 0 saturated carbocycles. The van der Waals surface area contributed by atoms with Crippen molar-refractivity contribution in [2.24, 2.45) is 0 Å². The maximum absolute atomic E-state index is 11.8. The molecule has 0 unspecified atom stereocenters. The number of nitrogens with one attached hydrogen (secondary N) is 2. The van der Waals surface area contributed by atoms with E-state index in [2.05, 4.69) is 5.32 Å². The number of aromatic nitrogens is 1. The van der Waals surface area contributed by atoms with Crippen LogP contribution in [0.15, 0.2) is 12.1 Å². The van der Waals surface area contributed by atoms with Gasteiger partial charge in [0.1, 0.15) is 16.9 Å². The molecule has 1 heterocycles. The number of methoxy groups -OCH3 is 2. The number of hydrogen-bond acceptors (Lipinski definition) is 7. The normalized spacial score (nSPS) is 11.3. The summed E-state index contributed by atoms with van der Waals surface area (Å²) < 4.78 is 18.1. The van der Waals surface area contributed by atoms with E-state index >= 15 is 0 Å². The molecule has 0 saturated heterocycles. The highest BCUT2D eigenvalue weighted by Gasteiger charge is 2.17. The molecule has 154 valence electrons. The number of rotatable bonds is 7. The molecule has 28 heavy (non-hydrogen) atoms. The number of unbranched alkanes of at least 4 members (excludes halogenated alkanes) is 1. The topological polar surface area (TPSA) is 103 Å². The fraction of sp³-hybridized carbons (Fsp3) is 0.526. The quantitative estimate of drug-likeness (QED) is 0.540. The summed E-state index contributed by atoms with van der Waals surface area (Å²) >= 11 is 1.28. The number of fused-ring (bicyclic) bond motifs is 1. The Hall–Kier alpha value is -2.55. The van der Waals surface area contributed by atoms with Crippen LogP contribution in [0.3, 0.4) is 0 Å². The third-order valence-electron chi connectivity index (χ3n) is 3.88. The van der Waals surface area contributed by atoms with Crippen LogP contribution in [0.5, 0.6) is 5.75 Å². The van der Waals surface area contributed by atoms with Gasteiger partial charge in [-0.3, -0.25) is 5.41 Å². The number of hydrogen-bond donors (Lipinski definition) is 2. The zero-order valence-electron chi connectivity index (χ0n) is 16.9. The van der Waals surface area contributed by atoms with E-state index in [0.29, 0.717) is 29.2 Å². The van der Waals surface area contributed by atoms with Crippen LogP contribution in [-0.2, 0) is 16.0 Å². The van der Waals surface area contributed by atoms with Crippen LogP contribution < -0.4 is 14.9 Å². The van der Waals surface area contributed by atoms with Crippen molar-refractivity contribution in [3.8, 4) is 5.75 Å². The van der Waals surface area contributed by atoms with Gasteiger partial charge in [-0.25, -0.2) is 9.59 Å². The summed E-state index contributed by atoms with van der Waals surface area (Å²) in [5.74, 6) is 0.0828. The second kappa shape index (κ2) is 9.09. The lowest BCUT2D eigenvalue weighted by molar-refractivity contribution is 0.0525. The molecule has 0 aliphatic carbocycles. The van der Waals surface area contributed by atoms with Gasteiger partial charge in [0.2, 0.25) is 0 Å². The number of esters is 1. The molecule has 9 heteroatoms. The molecule has 1 amide bonds. The molecule has 0 aliphatic heterocycles. The van der Waals surface area contributed by atoms with Gasteiger partial charge in [0.05, 0.1) is 24.5 Å². The van der Waals surface area contributed by atoms with Crippen LogP contribution in [0.25, 0.3) is 10.2 Å². The fourth-order valence-electron chi connectivity index (χ4n) is 2.69. The number of carbonyl (C=O) groups excluding carboxylic acids is 2. The molecule has 0 atom stereocenters. The molecule has 0 fully saturated rings. The minimum absolute atomic E-state index is 0.371. The molecule has 2 N–H and O–H groups in total. The highest BCUT2D eigenvalue weighted by molar-refractivity contribution is 7.16. The molecular formula is C19H27N3O5S. The van der Waals surface area contributed by atoms with E-state index in [4.69, 9.17) is 19.6 Å². The SMILES string of the molecule is COC(=O)c1cc(OC)c2c(c1)sc(=N)n2CCCCNC(=O)OC(C)(C)C. The van der Waals surface area contributed by atoms with Gasteiger partial charge in [0, 0.05) is 13.1 Å². The first-order valence-electron chi connectivity index (χ1n) is 8.97. The monoisotopic (exact) mass is 409 g/mol. The van der Waals surface area contributed by atoms with E-state index in [1.54, 1.807) is 12.1 Å². The average Bonchev–Trinajstić information content (AvgIpc) is 2.93. The van der Waals surface area contributed by atoms with E-state index in [-0.39, 0.29) is 0 Å². The summed E-state index contributed by atoms with van der Waals surface area (Å²) in [4.78, 5) is 23.9. The molecule has 1 aromatic carbocycles. The summed E-state index contributed by atoms with van der Waals surface area (Å²) in [5.41, 5.74) is 0.655. The van der Waals surface area contributed by atoms with Gasteiger partial charge in [0.15, 0.2) is 4.80 Å². The zero-order valence-corrected chi connectivity index (χ0v) is 17.7. The predicted octanol–water partition coefficient (Wildman–Crippen LogP) is 3.28. The van der Waals surface area contributed by atoms with Gasteiger partial charge in [-0.2, -0.15) is 0 Å². The predicted molar refractivity (Wildman–Crippen MR) is 107 cm³/mol. The number of benzene rings is 1. The molecule has 2 aromatic rings. The Bertz CT molecular complexity index is 911. The van der Waals surface area contributed by atoms with E-state index in [0.717, 1.165) is 23.1 Å². The van der Waals surface area contributed by atoms with Crippen molar-refractivity contribution in [2.45, 2.75) is 45.8 Å². The Balaban J connectivity index is 2.05. The van der Waals surface area contributed by atoms with Crippen LogP contribution in [0.1, 0.15) is 44.0 Å². The largest absolute Gasteiger partial charge is 0.494 e. The van der Waals surface area contributed by atoms with E-state index in [1.807, 2.05) is 25.3 Å². The Morgan fingerprint density at radius 2 is 1.93 bits per heavy atom. The Morgan fingerprint density at radius 1 is 1.21 bits per heavy atom. The second-order valence-corrected chi connectivity index (χ2v) is 8.24. The van der Waals surface area contributed by atoms with E-state index in [1.165, 1.54) is 25.6 Å². The number of ether oxygens (including phenoxy) is 3. The van der Waals surface area contributed by atoms with Crippen LogP contribution in [-0.4, -0.2) is 43.0 Å². The first kappa shape index (κ1) is 21.7. The van der Waals surface area contributed by atoms with Crippen molar-refractivity contribution < 1.29 is 23.8 Å². The molecule has 8 nitrogen and oxygen atoms in total. The maximum atomic E-state index is 11.8. The Kier molecular flexibility index (Phi) is 7.06. The molecule has 2 rings (SSSR count). The summed E-state index contributed by atoms with van der Waals surface area (Å²) in [6.07, 6.45) is 1.07. The standard InChI is InChI=1S/C19H27N3O5S/c1-19(2,3)27-18(24)21-8-6-7-9-22-15-13(25-4)10-12(16(23)26-5)11-14(15)28-17(22)20/h10-11,20H,6-9H2,1-5H3,(H,21,24). The average molecular weight is 410 g/mol. The lowest BCUT2D eigenvalue weighted by atomic mass is 10.2. The third-order valence-corrected chi connectivity index (χ3v) is 4.82. The minimum Gasteiger partial charge on any atom is -0.494 e. The van der Waals surface area contributed by atoms with Crippen molar-refractivity contribution in [2.75, 3.05) is 20.8 Å². The van der Waals surface area contributed by atoms with Crippen molar-refractivity contribution >= 4 is 33.6 Å². The van der Waals surface area contributed by atoms with Crippen molar-refractivity contribution in [1.29, 1.82) is 5.41 Å². The van der Waals surface area contributed by atoms with Crippen molar-refractivity contribution in [3.63, 3.8) is 0 Å². The smallest absolute Gasteiger partial charge is 0.407 e. The Morgan fingerprint density at radius 3 is 2.54 bits per heavy atom. The first-order valence-corrected chi connectivity index (χ1v) is 9.79. The minimum atomic E-state index is -0.519. The molecule has 0 spiro atoms. The lowest BCUT2D eigenvalue weighted by Gasteiger charge is -2.19. The van der Waals surface area contributed by atoms with Crippen LogP contribution in [0.4, 0.5) is 4.79 Å². The van der Waals surface area contributed by atoms with Gasteiger partial charge in [0.25, 0.3) is 0 Å². The lowest BCUT2D eigenvalue weighted by Crippen LogP contribution is -2.33. The number of thiazole rings is 1. The van der Waals surface area contributed by atoms with Crippen molar-refractivity contribution in [1.82, 2.24) is 9.88 Å². The summed E-state index contributed by atoms with van der Waals surface area (Å²) in [7, 11) is 2.86. The van der Waals surface area contributed by atoms with Gasteiger partial charge in [-0.15, -0.1) is 0 Å². The molecular weight excluding hydrogens is 382 g/mol. The number of alkyl carbamates (subject to hydrolysis) is 1. The van der Waals surface area contributed by atoms with Crippen LogP contribution in [0.2, 0.25) is 0 Å². The highest BCUT2D eigenvalue weighted by atomic mass is 32.1. The molecule has 0 aliphatic rings. The second-order valence-electron chi connectivity index (χ2n) is 7.21. The van der Waals surface area contributed by atoms with E-state index < -0.39 is 17.7 Å². The van der Waals surface area contributed by atoms with Gasteiger partial charge in [-0.1, -0.05) is 11.3 Å². The maximum Gasteiger partial charge on any atom is 0.407 e. The molecule has 0 bridgehead atoms. The Labute approximate surface area is 167 Å². The third kappa shape index (κ3) is 5.48. The summed E-state index contributed by atoms with van der Waals surface area (Å²) in [5, 5.41) is 11.0. The number of carbonyl (C=O) groups is 2. The van der Waals surface area contributed by atoms with Crippen molar-refractivity contribution in [3.05, 3.63) is 22.5 Å². The summed E-state index contributed by atoms with van der Waals surface area (Å²) in [6.45, 7) is 6.55. The van der Waals surface area contributed by atoms with Crippen LogP contribution >= 0.6 is 11.3 Å². The molecule has 0 radical (unpaired) electrons. The van der Waals surface area contributed by atoms with Crippen LogP contribution in [0, 0.1) is 5.41 Å². The van der Waals surface area contributed by atoms with E-state index in [9.17, 15) is 9.59 Å². The number of amides is 1.